The first-order valence-electron chi connectivity index (χ1n) is 8.10. The monoisotopic (exact) mass is 350 g/mol. The van der Waals surface area contributed by atoms with Gasteiger partial charge in [-0.1, -0.05) is 6.07 Å². The van der Waals surface area contributed by atoms with Crippen LogP contribution in [0.1, 0.15) is 12.0 Å². The minimum absolute atomic E-state index is 0.0344. The lowest BCUT2D eigenvalue weighted by Crippen LogP contribution is -2.38. The number of nitrogens with one attached hydrogen (secondary N) is 1. The maximum absolute atomic E-state index is 12.2. The lowest BCUT2D eigenvalue weighted by Gasteiger charge is -2.18. The molecule has 1 N–H and O–H groups in total. The van der Waals surface area contributed by atoms with Crippen molar-refractivity contribution in [2.24, 2.45) is 5.92 Å². The molecule has 1 aromatic rings. The minimum atomic E-state index is -0.495. The van der Waals surface area contributed by atoms with Gasteiger partial charge >= 0.3 is 0 Å². The standard InChI is InChI=1S/C17H22N2O6/c1-22-16(23-2)7-18-17(21)12-6-15(20)19(9-12)8-11-3-4-13-14(5-11)25-10-24-13/h3-5,12,16H,6-10H2,1-2H3,(H,18,21). The van der Waals surface area contributed by atoms with Gasteiger partial charge in [0.25, 0.3) is 0 Å². The average molecular weight is 350 g/mol. The van der Waals surface area contributed by atoms with Gasteiger partial charge in [-0.2, -0.15) is 0 Å². The summed E-state index contributed by atoms with van der Waals surface area (Å²) in [5.74, 6) is 0.826. The van der Waals surface area contributed by atoms with Gasteiger partial charge in [-0.05, 0) is 17.7 Å². The van der Waals surface area contributed by atoms with Crippen molar-refractivity contribution < 1.29 is 28.5 Å². The van der Waals surface area contributed by atoms with Gasteiger partial charge in [-0.25, -0.2) is 0 Å². The fourth-order valence-corrected chi connectivity index (χ4v) is 2.95. The summed E-state index contributed by atoms with van der Waals surface area (Å²) in [6, 6.07) is 5.60. The van der Waals surface area contributed by atoms with E-state index in [9.17, 15) is 9.59 Å². The maximum Gasteiger partial charge on any atom is 0.231 e. The van der Waals surface area contributed by atoms with Crippen LogP contribution in [0.4, 0.5) is 0 Å². The van der Waals surface area contributed by atoms with Gasteiger partial charge < -0.3 is 29.2 Å². The molecule has 0 bridgehead atoms. The summed E-state index contributed by atoms with van der Waals surface area (Å²) in [5.41, 5.74) is 0.942. The van der Waals surface area contributed by atoms with E-state index in [2.05, 4.69) is 5.32 Å². The Labute approximate surface area is 146 Å². The minimum Gasteiger partial charge on any atom is -0.454 e. The molecule has 136 valence electrons. The number of carbonyl (C=O) groups excluding carboxylic acids is 2. The molecule has 1 saturated heterocycles. The molecule has 0 saturated carbocycles. The van der Waals surface area contributed by atoms with Crippen LogP contribution in [0.5, 0.6) is 11.5 Å². The highest BCUT2D eigenvalue weighted by Gasteiger charge is 2.34. The smallest absolute Gasteiger partial charge is 0.231 e. The summed E-state index contributed by atoms with van der Waals surface area (Å²) in [6.45, 7) is 1.30. The first kappa shape index (κ1) is 17.5. The van der Waals surface area contributed by atoms with Crippen LogP contribution < -0.4 is 14.8 Å². The molecule has 3 rings (SSSR count). The lowest BCUT2D eigenvalue weighted by molar-refractivity contribution is -0.131. The molecular formula is C17H22N2O6. The van der Waals surface area contributed by atoms with E-state index < -0.39 is 6.29 Å². The topological polar surface area (TPSA) is 86.3 Å². The molecule has 8 nitrogen and oxygen atoms in total. The molecule has 1 fully saturated rings. The van der Waals surface area contributed by atoms with E-state index in [0.29, 0.717) is 24.6 Å². The highest BCUT2D eigenvalue weighted by atomic mass is 16.7. The first-order valence-corrected chi connectivity index (χ1v) is 8.10. The number of ether oxygens (including phenoxy) is 4. The SMILES string of the molecule is COC(CNC(=O)C1CC(=O)N(Cc2ccc3c(c2)OCO3)C1)OC. The number of hydrogen-bond donors (Lipinski definition) is 1. The van der Waals surface area contributed by atoms with E-state index in [1.807, 2.05) is 18.2 Å². The third-order valence-corrected chi connectivity index (χ3v) is 4.36. The Balaban J connectivity index is 1.54. The van der Waals surface area contributed by atoms with Crippen LogP contribution in [-0.4, -0.2) is 57.1 Å². The third-order valence-electron chi connectivity index (χ3n) is 4.36. The maximum atomic E-state index is 12.2. The van der Waals surface area contributed by atoms with Crippen molar-refractivity contribution in [1.29, 1.82) is 0 Å². The number of rotatable bonds is 7. The van der Waals surface area contributed by atoms with Gasteiger partial charge in [-0.3, -0.25) is 9.59 Å². The predicted octanol–water partition coefficient (Wildman–Crippen LogP) is 0.499. The molecule has 1 unspecified atom stereocenters. The zero-order chi connectivity index (χ0) is 17.8. The largest absolute Gasteiger partial charge is 0.454 e. The van der Waals surface area contributed by atoms with Gasteiger partial charge in [0.1, 0.15) is 0 Å². The number of benzene rings is 1. The molecule has 2 aliphatic rings. The zero-order valence-electron chi connectivity index (χ0n) is 14.3. The fourth-order valence-electron chi connectivity index (χ4n) is 2.95. The van der Waals surface area contributed by atoms with Crippen molar-refractivity contribution in [3.8, 4) is 11.5 Å². The Morgan fingerprint density at radius 3 is 2.84 bits per heavy atom. The number of fused-ring (bicyclic) bond motifs is 1. The number of hydrogen-bond acceptors (Lipinski definition) is 6. The van der Waals surface area contributed by atoms with E-state index in [-0.39, 0.29) is 37.5 Å². The molecule has 0 spiro atoms. The van der Waals surface area contributed by atoms with E-state index in [1.165, 1.54) is 14.2 Å². The van der Waals surface area contributed by atoms with Crippen LogP contribution in [0.15, 0.2) is 18.2 Å². The molecular weight excluding hydrogens is 328 g/mol. The third kappa shape index (κ3) is 4.02. The number of likely N-dealkylation sites (tertiary alicyclic amines) is 1. The molecule has 0 aliphatic carbocycles. The molecule has 1 aromatic carbocycles. The summed E-state index contributed by atoms with van der Waals surface area (Å²) >= 11 is 0. The van der Waals surface area contributed by atoms with Crippen molar-refractivity contribution in [1.82, 2.24) is 10.2 Å². The van der Waals surface area contributed by atoms with E-state index in [1.54, 1.807) is 4.90 Å². The Hall–Kier alpha value is -2.32. The molecule has 2 amide bonds. The normalized spacial score (nSPS) is 18.9. The number of nitrogens with zero attached hydrogens (tertiary/aromatic N) is 1. The molecule has 1 atom stereocenters. The Kier molecular flexibility index (Phi) is 5.40. The van der Waals surface area contributed by atoms with Crippen LogP contribution in [0.3, 0.4) is 0 Å². The highest BCUT2D eigenvalue weighted by Crippen LogP contribution is 2.33. The zero-order valence-corrected chi connectivity index (χ0v) is 14.3. The fraction of sp³-hybridized carbons (Fsp3) is 0.529. The molecule has 25 heavy (non-hydrogen) atoms. The predicted molar refractivity (Wildman–Crippen MR) is 86.9 cm³/mol. The van der Waals surface area contributed by atoms with Crippen LogP contribution in [-0.2, 0) is 25.6 Å². The van der Waals surface area contributed by atoms with Gasteiger partial charge in [-0.15, -0.1) is 0 Å². The quantitative estimate of drug-likeness (QED) is 0.721. The summed E-state index contributed by atoms with van der Waals surface area (Å²) in [7, 11) is 3.01. The van der Waals surface area contributed by atoms with Crippen LogP contribution in [0.25, 0.3) is 0 Å². The van der Waals surface area contributed by atoms with Gasteiger partial charge in [0, 0.05) is 33.7 Å². The van der Waals surface area contributed by atoms with Gasteiger partial charge in [0.2, 0.25) is 18.6 Å². The number of carbonyl (C=O) groups is 2. The van der Waals surface area contributed by atoms with Crippen LogP contribution in [0.2, 0.25) is 0 Å². The van der Waals surface area contributed by atoms with Crippen molar-refractivity contribution in [3.05, 3.63) is 23.8 Å². The number of methoxy groups -OCH3 is 2. The van der Waals surface area contributed by atoms with Gasteiger partial charge in [0.15, 0.2) is 17.8 Å². The molecule has 2 heterocycles. The molecule has 0 aromatic heterocycles. The summed E-state index contributed by atoms with van der Waals surface area (Å²) in [6.07, 6.45) is -0.285. The summed E-state index contributed by atoms with van der Waals surface area (Å²) in [5, 5.41) is 2.76. The molecule has 0 radical (unpaired) electrons. The second kappa shape index (κ2) is 7.71. The molecule has 2 aliphatic heterocycles. The highest BCUT2D eigenvalue weighted by molar-refractivity contribution is 5.89. The van der Waals surface area contributed by atoms with Crippen molar-refractivity contribution in [2.75, 3.05) is 34.1 Å². The van der Waals surface area contributed by atoms with Crippen molar-refractivity contribution in [2.45, 2.75) is 19.3 Å². The molecule has 8 heteroatoms. The van der Waals surface area contributed by atoms with E-state index >= 15 is 0 Å². The van der Waals surface area contributed by atoms with E-state index in [0.717, 1.165) is 5.56 Å². The first-order chi connectivity index (χ1) is 12.1. The van der Waals surface area contributed by atoms with E-state index in [4.69, 9.17) is 18.9 Å². The Morgan fingerprint density at radius 1 is 1.32 bits per heavy atom. The summed E-state index contributed by atoms with van der Waals surface area (Å²) < 4.78 is 20.7. The van der Waals surface area contributed by atoms with Gasteiger partial charge in [0.05, 0.1) is 12.5 Å². The lowest BCUT2D eigenvalue weighted by atomic mass is 10.1. The summed E-state index contributed by atoms with van der Waals surface area (Å²) in [4.78, 5) is 26.1. The van der Waals surface area contributed by atoms with Crippen molar-refractivity contribution in [3.63, 3.8) is 0 Å². The average Bonchev–Trinajstić information content (AvgIpc) is 3.22. The van der Waals surface area contributed by atoms with Crippen LogP contribution in [0, 0.1) is 5.92 Å². The number of amides is 2. The van der Waals surface area contributed by atoms with Crippen LogP contribution >= 0.6 is 0 Å². The Bertz CT molecular complexity index is 646. The second-order valence-corrected chi connectivity index (χ2v) is 6.01. The Morgan fingerprint density at radius 2 is 2.08 bits per heavy atom. The second-order valence-electron chi connectivity index (χ2n) is 6.01. The van der Waals surface area contributed by atoms with Crippen molar-refractivity contribution >= 4 is 11.8 Å².